The predicted molar refractivity (Wildman–Crippen MR) is 104 cm³/mol. The molecule has 27 heavy (non-hydrogen) atoms. The van der Waals surface area contributed by atoms with Gasteiger partial charge in [-0.3, -0.25) is 4.79 Å². The quantitative estimate of drug-likeness (QED) is 0.773. The summed E-state index contributed by atoms with van der Waals surface area (Å²) >= 11 is 0. The van der Waals surface area contributed by atoms with Gasteiger partial charge in [-0.2, -0.15) is 0 Å². The summed E-state index contributed by atoms with van der Waals surface area (Å²) < 4.78 is 21.5. The molecule has 1 heterocycles. The average molecular weight is 371 g/mol. The van der Waals surface area contributed by atoms with Crippen LogP contribution in [0.3, 0.4) is 0 Å². The molecule has 5 nitrogen and oxygen atoms in total. The SMILES string of the molecule is CC1CCc2c(OC3CCC3)c(/C(C=N)=C/N)cc(F)c2N1C(=O)C1CC1. The fraction of sp³-hybridized carbons (Fsp3) is 0.524. The first-order chi connectivity index (χ1) is 13.0. The number of hydrogen-bond acceptors (Lipinski definition) is 4. The Morgan fingerprint density at radius 2 is 2.07 bits per heavy atom. The van der Waals surface area contributed by atoms with Crippen LogP contribution in [0.1, 0.15) is 56.6 Å². The number of ether oxygens (including phenoxy) is 1. The standard InChI is InChI=1S/C21H26FN3O2/c1-12-5-8-16-19(25(12)21(26)13-6-7-13)18(22)9-17(14(10-23)11-24)20(16)27-15-3-2-4-15/h9-13,15,23H,2-8,24H2,1H3/b14-11+,23-10?. The Morgan fingerprint density at radius 1 is 1.33 bits per heavy atom. The zero-order chi connectivity index (χ0) is 19.1. The van der Waals surface area contributed by atoms with E-state index in [4.69, 9.17) is 15.9 Å². The van der Waals surface area contributed by atoms with Gasteiger partial charge in [-0.15, -0.1) is 0 Å². The Hall–Kier alpha value is -2.37. The lowest BCUT2D eigenvalue weighted by Crippen LogP contribution is -2.44. The zero-order valence-electron chi connectivity index (χ0n) is 15.6. The van der Waals surface area contributed by atoms with Crippen LogP contribution < -0.4 is 15.4 Å². The van der Waals surface area contributed by atoms with Gasteiger partial charge in [0.05, 0.1) is 11.8 Å². The van der Waals surface area contributed by atoms with Gasteiger partial charge in [0.25, 0.3) is 0 Å². The lowest BCUT2D eigenvalue weighted by Gasteiger charge is -2.38. The zero-order valence-corrected chi connectivity index (χ0v) is 15.6. The van der Waals surface area contributed by atoms with Crippen LogP contribution in [0.15, 0.2) is 12.3 Å². The van der Waals surface area contributed by atoms with Crippen molar-refractivity contribution in [3.05, 3.63) is 29.2 Å². The number of nitrogens with zero attached hydrogens (tertiary/aromatic N) is 1. The molecule has 3 N–H and O–H groups in total. The number of allylic oxidation sites excluding steroid dienone is 1. The Balaban J connectivity index is 1.86. The minimum Gasteiger partial charge on any atom is -0.489 e. The fourth-order valence-electron chi connectivity index (χ4n) is 3.94. The highest BCUT2D eigenvalue weighted by Gasteiger charge is 2.41. The normalized spacial score (nSPS) is 22.8. The second-order valence-corrected chi connectivity index (χ2v) is 7.87. The molecule has 1 atom stereocenters. The lowest BCUT2D eigenvalue weighted by atomic mass is 9.90. The average Bonchev–Trinajstić information content (AvgIpc) is 3.45. The van der Waals surface area contributed by atoms with Crippen molar-refractivity contribution in [3.8, 4) is 5.75 Å². The van der Waals surface area contributed by atoms with Gasteiger partial charge in [-0.05, 0) is 57.9 Å². The summed E-state index contributed by atoms with van der Waals surface area (Å²) in [6.45, 7) is 1.98. The third kappa shape index (κ3) is 3.11. The molecule has 4 rings (SSSR count). The minimum absolute atomic E-state index is 0.0198. The van der Waals surface area contributed by atoms with Crippen LogP contribution in [0.4, 0.5) is 10.1 Å². The second-order valence-electron chi connectivity index (χ2n) is 7.87. The van der Waals surface area contributed by atoms with Crippen molar-refractivity contribution < 1.29 is 13.9 Å². The van der Waals surface area contributed by atoms with Gasteiger partial charge in [-0.1, -0.05) is 0 Å². The number of amides is 1. The number of nitrogens with two attached hydrogens (primary N) is 1. The third-order valence-corrected chi connectivity index (χ3v) is 5.94. The van der Waals surface area contributed by atoms with E-state index in [1.807, 2.05) is 6.92 Å². The summed E-state index contributed by atoms with van der Waals surface area (Å²) in [4.78, 5) is 14.5. The number of halogens is 1. The van der Waals surface area contributed by atoms with Gasteiger partial charge >= 0.3 is 0 Å². The Bertz CT molecular complexity index is 812. The van der Waals surface area contributed by atoms with E-state index in [9.17, 15) is 4.79 Å². The smallest absolute Gasteiger partial charge is 0.230 e. The molecule has 6 heteroatoms. The highest BCUT2D eigenvalue weighted by Crippen LogP contribution is 2.46. The molecule has 0 radical (unpaired) electrons. The van der Waals surface area contributed by atoms with E-state index in [2.05, 4.69) is 0 Å². The summed E-state index contributed by atoms with van der Waals surface area (Å²) in [6.07, 6.45) is 8.78. The Labute approximate surface area is 158 Å². The van der Waals surface area contributed by atoms with Gasteiger partial charge in [0, 0.05) is 41.1 Å². The molecule has 3 aliphatic rings. The molecule has 0 saturated heterocycles. The van der Waals surface area contributed by atoms with Crippen LogP contribution in [0.25, 0.3) is 5.57 Å². The van der Waals surface area contributed by atoms with E-state index in [0.717, 1.165) is 50.3 Å². The molecule has 0 bridgehead atoms. The van der Waals surface area contributed by atoms with Crippen molar-refractivity contribution in [1.29, 1.82) is 5.41 Å². The number of rotatable bonds is 5. The first kappa shape index (κ1) is 18.0. The number of carbonyl (C=O) groups excluding carboxylic acids is 1. The molecule has 1 aliphatic heterocycles. The predicted octanol–water partition coefficient (Wildman–Crippen LogP) is 3.78. The number of anilines is 1. The maximum Gasteiger partial charge on any atom is 0.230 e. The maximum atomic E-state index is 15.3. The molecule has 144 valence electrons. The van der Waals surface area contributed by atoms with Crippen LogP contribution in [0, 0.1) is 17.1 Å². The number of carbonyl (C=O) groups is 1. The van der Waals surface area contributed by atoms with Crippen molar-refractivity contribution in [2.45, 2.75) is 64.0 Å². The van der Waals surface area contributed by atoms with E-state index in [0.29, 0.717) is 29.0 Å². The molecule has 0 aromatic heterocycles. The molecule has 1 aromatic carbocycles. The summed E-state index contributed by atoms with van der Waals surface area (Å²) in [5.74, 6) is 0.195. The van der Waals surface area contributed by atoms with Crippen LogP contribution in [0.5, 0.6) is 5.75 Å². The third-order valence-electron chi connectivity index (χ3n) is 5.94. The molecule has 1 aromatic rings. The van der Waals surface area contributed by atoms with Crippen LogP contribution >= 0.6 is 0 Å². The molecular weight excluding hydrogens is 345 g/mol. The molecule has 0 spiro atoms. The largest absolute Gasteiger partial charge is 0.489 e. The summed E-state index contributed by atoms with van der Waals surface area (Å²) in [5.41, 5.74) is 7.71. The maximum absolute atomic E-state index is 15.3. The summed E-state index contributed by atoms with van der Waals surface area (Å²) in [6, 6.07) is 1.34. The van der Waals surface area contributed by atoms with Crippen LogP contribution in [-0.4, -0.2) is 24.3 Å². The van der Waals surface area contributed by atoms with Crippen molar-refractivity contribution in [1.82, 2.24) is 0 Å². The van der Waals surface area contributed by atoms with Crippen LogP contribution in [-0.2, 0) is 11.2 Å². The van der Waals surface area contributed by atoms with Gasteiger partial charge in [0.2, 0.25) is 5.91 Å². The van der Waals surface area contributed by atoms with Crippen molar-refractivity contribution >= 4 is 23.4 Å². The van der Waals surface area contributed by atoms with Gasteiger partial charge < -0.3 is 20.8 Å². The van der Waals surface area contributed by atoms with E-state index < -0.39 is 5.82 Å². The Kier molecular flexibility index (Phi) is 4.66. The molecule has 1 amide bonds. The van der Waals surface area contributed by atoms with Crippen molar-refractivity contribution in [2.75, 3.05) is 4.90 Å². The lowest BCUT2D eigenvalue weighted by molar-refractivity contribution is -0.120. The van der Waals surface area contributed by atoms with E-state index in [-0.39, 0.29) is 24.0 Å². The highest BCUT2D eigenvalue weighted by molar-refractivity contribution is 6.10. The van der Waals surface area contributed by atoms with Crippen molar-refractivity contribution in [3.63, 3.8) is 0 Å². The monoisotopic (exact) mass is 371 g/mol. The molecule has 2 fully saturated rings. The van der Waals surface area contributed by atoms with E-state index in [1.165, 1.54) is 12.3 Å². The van der Waals surface area contributed by atoms with Gasteiger partial charge in [-0.25, -0.2) is 4.39 Å². The van der Waals surface area contributed by atoms with E-state index in [1.54, 1.807) is 4.90 Å². The summed E-state index contributed by atoms with van der Waals surface area (Å²) in [5, 5.41) is 7.63. The minimum atomic E-state index is -0.442. The van der Waals surface area contributed by atoms with Gasteiger partial charge in [0.15, 0.2) is 0 Å². The van der Waals surface area contributed by atoms with Gasteiger partial charge in [0.1, 0.15) is 11.6 Å². The van der Waals surface area contributed by atoms with E-state index >= 15 is 4.39 Å². The van der Waals surface area contributed by atoms with Crippen LogP contribution in [0.2, 0.25) is 0 Å². The second kappa shape index (κ2) is 6.98. The molecule has 2 saturated carbocycles. The number of fused-ring (bicyclic) bond motifs is 1. The molecule has 2 aliphatic carbocycles. The number of nitrogens with one attached hydrogen (secondary N) is 1. The first-order valence-electron chi connectivity index (χ1n) is 9.83. The molecule has 1 unspecified atom stereocenters. The highest BCUT2D eigenvalue weighted by atomic mass is 19.1. The molecular formula is C21H26FN3O2. The fourth-order valence-corrected chi connectivity index (χ4v) is 3.94. The Morgan fingerprint density at radius 3 is 2.63 bits per heavy atom. The summed E-state index contributed by atoms with van der Waals surface area (Å²) in [7, 11) is 0. The topological polar surface area (TPSA) is 79.4 Å². The number of hydrogen-bond donors (Lipinski definition) is 2. The first-order valence-corrected chi connectivity index (χ1v) is 9.83. The van der Waals surface area contributed by atoms with Crippen molar-refractivity contribution in [2.24, 2.45) is 11.7 Å². The number of benzene rings is 1.